The molecule has 0 aromatic heterocycles. The molecule has 3 heteroatoms. The molecule has 5 aromatic rings. The van der Waals surface area contributed by atoms with Gasteiger partial charge in [0.15, 0.2) is 6.29 Å². The zero-order chi connectivity index (χ0) is 26.9. The molecule has 198 valence electrons. The van der Waals surface area contributed by atoms with E-state index in [4.69, 9.17) is 14.2 Å². The third kappa shape index (κ3) is 4.65. The SMILES string of the molecule is COC(OCc1c2c(c(C)c3ccccc13)C=CCC2)C(C)OCc1c2ccccc2c(C)c2ccccc12. The number of fused-ring (bicyclic) bond motifs is 4. The highest BCUT2D eigenvalue weighted by atomic mass is 16.7. The van der Waals surface area contributed by atoms with Gasteiger partial charge in [-0.2, -0.15) is 0 Å². The standard InChI is InChI=1S/C36H36O3/c1-23-26-13-5-9-17-30(26)34(31-18-10-6-14-27(23)31)21-38-25(3)36(37-4)39-22-35-32-19-11-7-15-28(32)24(2)29-16-8-12-20-33(29)35/h5-11,13-19,25,36H,12,20-22H2,1-4H3. The minimum absolute atomic E-state index is 0.249. The van der Waals surface area contributed by atoms with Crippen molar-refractivity contribution in [1.29, 1.82) is 0 Å². The van der Waals surface area contributed by atoms with Crippen LogP contribution < -0.4 is 0 Å². The predicted octanol–water partition coefficient (Wildman–Crippen LogP) is 8.82. The van der Waals surface area contributed by atoms with Crippen molar-refractivity contribution in [3.63, 3.8) is 0 Å². The third-order valence-electron chi connectivity index (χ3n) is 8.41. The lowest BCUT2D eigenvalue weighted by Crippen LogP contribution is -2.31. The Morgan fingerprint density at radius 1 is 0.667 bits per heavy atom. The van der Waals surface area contributed by atoms with Gasteiger partial charge >= 0.3 is 0 Å². The van der Waals surface area contributed by atoms with Crippen molar-refractivity contribution < 1.29 is 14.2 Å². The van der Waals surface area contributed by atoms with Crippen LogP contribution in [0, 0.1) is 13.8 Å². The van der Waals surface area contributed by atoms with E-state index >= 15 is 0 Å². The predicted molar refractivity (Wildman–Crippen MR) is 162 cm³/mol. The molecule has 2 unspecified atom stereocenters. The van der Waals surface area contributed by atoms with Crippen molar-refractivity contribution >= 4 is 38.4 Å². The van der Waals surface area contributed by atoms with Crippen LogP contribution in [0.3, 0.4) is 0 Å². The number of aryl methyl sites for hydroxylation is 2. The molecule has 0 N–H and O–H groups in total. The van der Waals surface area contributed by atoms with Crippen molar-refractivity contribution in [1.82, 2.24) is 0 Å². The highest BCUT2D eigenvalue weighted by Gasteiger charge is 2.23. The molecule has 0 saturated heterocycles. The molecular weight excluding hydrogens is 480 g/mol. The van der Waals surface area contributed by atoms with Crippen molar-refractivity contribution in [3.8, 4) is 0 Å². The van der Waals surface area contributed by atoms with Gasteiger partial charge in [0.05, 0.1) is 13.2 Å². The van der Waals surface area contributed by atoms with Crippen molar-refractivity contribution in [2.24, 2.45) is 0 Å². The van der Waals surface area contributed by atoms with E-state index in [0.717, 1.165) is 12.8 Å². The van der Waals surface area contributed by atoms with Crippen LogP contribution in [-0.2, 0) is 33.8 Å². The van der Waals surface area contributed by atoms with Crippen molar-refractivity contribution in [3.05, 3.63) is 112 Å². The van der Waals surface area contributed by atoms with Crippen LogP contribution in [-0.4, -0.2) is 19.5 Å². The summed E-state index contributed by atoms with van der Waals surface area (Å²) in [6.07, 6.45) is 5.92. The van der Waals surface area contributed by atoms with E-state index in [1.807, 2.05) is 6.92 Å². The molecule has 0 saturated carbocycles. The van der Waals surface area contributed by atoms with E-state index in [1.165, 1.54) is 65.7 Å². The third-order valence-corrected chi connectivity index (χ3v) is 8.41. The number of methoxy groups -OCH3 is 1. The number of ether oxygens (including phenoxy) is 3. The van der Waals surface area contributed by atoms with E-state index in [0.29, 0.717) is 13.2 Å². The summed E-state index contributed by atoms with van der Waals surface area (Å²) in [6, 6.07) is 25.9. The van der Waals surface area contributed by atoms with Crippen molar-refractivity contribution in [2.75, 3.05) is 7.11 Å². The maximum absolute atomic E-state index is 6.48. The summed E-state index contributed by atoms with van der Waals surface area (Å²) in [4.78, 5) is 0. The van der Waals surface area contributed by atoms with Crippen LogP contribution in [0.25, 0.3) is 38.4 Å². The molecule has 1 aliphatic rings. The normalized spacial score (nSPS) is 14.7. The molecule has 0 spiro atoms. The van der Waals surface area contributed by atoms with E-state index in [9.17, 15) is 0 Å². The number of benzene rings is 5. The van der Waals surface area contributed by atoms with E-state index in [-0.39, 0.29) is 6.10 Å². The molecule has 0 bridgehead atoms. The molecule has 0 fully saturated rings. The van der Waals surface area contributed by atoms with Gasteiger partial charge < -0.3 is 14.2 Å². The van der Waals surface area contributed by atoms with Gasteiger partial charge in [0.25, 0.3) is 0 Å². The smallest absolute Gasteiger partial charge is 0.183 e. The second-order valence-electron chi connectivity index (χ2n) is 10.6. The summed E-state index contributed by atoms with van der Waals surface area (Å²) in [6.45, 7) is 7.45. The van der Waals surface area contributed by atoms with E-state index < -0.39 is 6.29 Å². The Balaban J connectivity index is 1.26. The van der Waals surface area contributed by atoms with Crippen LogP contribution in [0.4, 0.5) is 0 Å². The minimum atomic E-state index is -0.483. The minimum Gasteiger partial charge on any atom is -0.369 e. The largest absolute Gasteiger partial charge is 0.369 e. The maximum atomic E-state index is 6.48. The summed E-state index contributed by atoms with van der Waals surface area (Å²) >= 11 is 0. The van der Waals surface area contributed by atoms with Gasteiger partial charge in [-0.05, 0) is 99.3 Å². The van der Waals surface area contributed by atoms with Crippen LogP contribution in [0.15, 0.2) is 78.9 Å². The van der Waals surface area contributed by atoms with Gasteiger partial charge in [-0.15, -0.1) is 0 Å². The van der Waals surface area contributed by atoms with Crippen LogP contribution in [0.2, 0.25) is 0 Å². The molecule has 0 radical (unpaired) electrons. The van der Waals surface area contributed by atoms with Crippen molar-refractivity contribution in [2.45, 2.75) is 59.2 Å². The molecule has 1 aliphatic carbocycles. The monoisotopic (exact) mass is 516 g/mol. The Bertz CT molecular complexity index is 1640. The average Bonchev–Trinajstić information content (AvgIpc) is 2.99. The Labute approximate surface area is 231 Å². The molecule has 0 amide bonds. The Morgan fingerprint density at radius 3 is 1.77 bits per heavy atom. The lowest BCUT2D eigenvalue weighted by molar-refractivity contribution is -0.197. The summed E-state index contributed by atoms with van der Waals surface area (Å²) in [5, 5.41) is 7.57. The summed E-state index contributed by atoms with van der Waals surface area (Å²) in [5.41, 5.74) is 7.86. The second-order valence-corrected chi connectivity index (χ2v) is 10.6. The van der Waals surface area contributed by atoms with E-state index in [2.05, 4.69) is 98.8 Å². The van der Waals surface area contributed by atoms with E-state index in [1.54, 1.807) is 7.11 Å². The lowest BCUT2D eigenvalue weighted by atomic mass is 9.85. The zero-order valence-electron chi connectivity index (χ0n) is 23.3. The number of allylic oxidation sites excluding steroid dienone is 1. The molecule has 0 aliphatic heterocycles. The molecule has 3 nitrogen and oxygen atoms in total. The summed E-state index contributed by atoms with van der Waals surface area (Å²) in [5.74, 6) is 0. The quantitative estimate of drug-likeness (QED) is 0.152. The number of hydrogen-bond acceptors (Lipinski definition) is 3. The fourth-order valence-electron chi connectivity index (χ4n) is 6.32. The van der Waals surface area contributed by atoms with Gasteiger partial charge in [0.2, 0.25) is 0 Å². The van der Waals surface area contributed by atoms with Crippen LogP contribution >= 0.6 is 0 Å². The first-order chi connectivity index (χ1) is 19.1. The summed E-state index contributed by atoms with van der Waals surface area (Å²) in [7, 11) is 1.70. The lowest BCUT2D eigenvalue weighted by Gasteiger charge is -2.26. The van der Waals surface area contributed by atoms with Gasteiger partial charge in [0.1, 0.15) is 6.10 Å². The Morgan fingerprint density at radius 2 is 1.18 bits per heavy atom. The first-order valence-electron chi connectivity index (χ1n) is 13.9. The fourth-order valence-corrected chi connectivity index (χ4v) is 6.32. The first kappa shape index (κ1) is 25.8. The Kier molecular flexibility index (Phi) is 7.22. The number of hydrogen-bond donors (Lipinski definition) is 0. The Hall–Kier alpha value is -3.50. The van der Waals surface area contributed by atoms with Gasteiger partial charge in [-0.3, -0.25) is 0 Å². The van der Waals surface area contributed by atoms with Gasteiger partial charge in [0, 0.05) is 7.11 Å². The molecular formula is C36H36O3. The van der Waals surface area contributed by atoms with Gasteiger partial charge in [-0.1, -0.05) is 84.9 Å². The summed E-state index contributed by atoms with van der Waals surface area (Å²) < 4.78 is 18.8. The average molecular weight is 517 g/mol. The molecule has 6 rings (SSSR count). The van der Waals surface area contributed by atoms with Crippen LogP contribution in [0.1, 0.15) is 46.7 Å². The molecule has 2 atom stereocenters. The van der Waals surface area contributed by atoms with Crippen LogP contribution in [0.5, 0.6) is 0 Å². The highest BCUT2D eigenvalue weighted by Crippen LogP contribution is 2.36. The zero-order valence-corrected chi connectivity index (χ0v) is 23.3. The molecule has 0 heterocycles. The highest BCUT2D eigenvalue weighted by molar-refractivity contribution is 6.05. The fraction of sp³-hybridized carbons (Fsp3) is 0.278. The molecule has 5 aromatic carbocycles. The molecule has 39 heavy (non-hydrogen) atoms. The number of rotatable bonds is 8. The topological polar surface area (TPSA) is 27.7 Å². The van der Waals surface area contributed by atoms with Gasteiger partial charge in [-0.25, -0.2) is 0 Å². The maximum Gasteiger partial charge on any atom is 0.183 e. The second kappa shape index (κ2) is 10.9. The first-order valence-corrected chi connectivity index (χ1v) is 13.9.